The molecular weight excluding hydrogens is 240 g/mol. The quantitative estimate of drug-likeness (QED) is 0.871. The average molecular weight is 260 g/mol. The summed E-state index contributed by atoms with van der Waals surface area (Å²) in [5, 5.41) is 0. The Morgan fingerprint density at radius 2 is 1.79 bits per heavy atom. The molecule has 2 aliphatic rings. The highest BCUT2D eigenvalue weighted by atomic mass is 16.5. The predicted octanol–water partition coefficient (Wildman–Crippen LogP) is 1.28. The van der Waals surface area contributed by atoms with Crippen LogP contribution in [0.4, 0.5) is 0 Å². The summed E-state index contributed by atoms with van der Waals surface area (Å²) in [6.45, 7) is 2.86. The Kier molecular flexibility index (Phi) is 3.53. The van der Waals surface area contributed by atoms with Gasteiger partial charge in [-0.15, -0.1) is 0 Å². The average Bonchev–Trinajstić information content (AvgIpc) is 2.90. The van der Waals surface area contributed by atoms with Gasteiger partial charge in [0.25, 0.3) is 0 Å². The van der Waals surface area contributed by atoms with E-state index in [2.05, 4.69) is 12.1 Å². The molecule has 0 unspecified atom stereocenters. The normalized spacial score (nSPS) is 21.2. The number of benzene rings is 1. The molecule has 1 aromatic rings. The van der Waals surface area contributed by atoms with E-state index in [1.165, 1.54) is 11.1 Å². The molecule has 4 nitrogen and oxygen atoms in total. The van der Waals surface area contributed by atoms with Crippen LogP contribution in [0.15, 0.2) is 24.3 Å². The van der Waals surface area contributed by atoms with Gasteiger partial charge in [0.2, 0.25) is 5.91 Å². The number of hydrogen-bond donors (Lipinski definition) is 1. The molecule has 0 radical (unpaired) electrons. The fraction of sp³-hybridized carbons (Fsp3) is 0.533. The van der Waals surface area contributed by atoms with Gasteiger partial charge in [-0.25, -0.2) is 0 Å². The van der Waals surface area contributed by atoms with E-state index in [4.69, 9.17) is 10.5 Å². The van der Waals surface area contributed by atoms with Crippen LogP contribution in [0.1, 0.15) is 24.0 Å². The van der Waals surface area contributed by atoms with Gasteiger partial charge >= 0.3 is 0 Å². The van der Waals surface area contributed by atoms with E-state index in [1.54, 1.807) is 0 Å². The molecule has 1 saturated heterocycles. The van der Waals surface area contributed by atoms with Crippen LogP contribution in [0.3, 0.4) is 0 Å². The van der Waals surface area contributed by atoms with Gasteiger partial charge < -0.3 is 15.4 Å². The number of amides is 1. The molecule has 102 valence electrons. The molecule has 19 heavy (non-hydrogen) atoms. The first kappa shape index (κ1) is 12.6. The van der Waals surface area contributed by atoms with Gasteiger partial charge in [0, 0.05) is 26.3 Å². The topological polar surface area (TPSA) is 55.6 Å². The Bertz CT molecular complexity index is 444. The molecular formula is C15H20N2O2. The molecule has 1 atom stereocenters. The Morgan fingerprint density at radius 3 is 2.37 bits per heavy atom. The maximum atomic E-state index is 12.5. The lowest BCUT2D eigenvalue weighted by Crippen LogP contribution is -2.47. The lowest BCUT2D eigenvalue weighted by Gasteiger charge is -2.29. The van der Waals surface area contributed by atoms with Gasteiger partial charge in [0.15, 0.2) is 0 Å². The van der Waals surface area contributed by atoms with Crippen molar-refractivity contribution in [2.24, 2.45) is 11.7 Å². The number of carbonyl (C=O) groups excluding carboxylic acids is 1. The first-order valence-corrected chi connectivity index (χ1v) is 6.94. The minimum absolute atomic E-state index is 0.0862. The zero-order valence-electron chi connectivity index (χ0n) is 11.0. The third kappa shape index (κ3) is 2.51. The van der Waals surface area contributed by atoms with Crippen molar-refractivity contribution in [3.05, 3.63) is 35.4 Å². The van der Waals surface area contributed by atoms with Crippen LogP contribution in [0.2, 0.25) is 0 Å². The van der Waals surface area contributed by atoms with E-state index in [0.717, 1.165) is 26.1 Å². The van der Waals surface area contributed by atoms with Crippen LogP contribution in [-0.2, 0) is 22.6 Å². The maximum Gasteiger partial charge on any atom is 0.240 e. The molecule has 1 fully saturated rings. The van der Waals surface area contributed by atoms with Gasteiger partial charge in [-0.05, 0) is 29.9 Å². The second kappa shape index (κ2) is 5.31. The predicted molar refractivity (Wildman–Crippen MR) is 72.2 cm³/mol. The second-order valence-electron chi connectivity index (χ2n) is 5.44. The molecule has 0 bridgehead atoms. The third-order valence-electron chi connectivity index (χ3n) is 4.21. The van der Waals surface area contributed by atoms with Gasteiger partial charge in [-0.3, -0.25) is 4.79 Å². The Hall–Kier alpha value is -1.39. The minimum atomic E-state index is -0.377. The first-order chi connectivity index (χ1) is 9.25. The number of nitrogens with zero attached hydrogens (tertiary/aromatic N) is 1. The highest BCUT2D eigenvalue weighted by Gasteiger charge is 2.32. The summed E-state index contributed by atoms with van der Waals surface area (Å²) in [4.78, 5) is 14.4. The number of carbonyl (C=O) groups is 1. The lowest BCUT2D eigenvalue weighted by atomic mass is 9.91. The summed E-state index contributed by atoms with van der Waals surface area (Å²) in [6, 6.07) is 7.83. The van der Waals surface area contributed by atoms with E-state index in [9.17, 15) is 4.79 Å². The zero-order valence-corrected chi connectivity index (χ0v) is 11.0. The summed E-state index contributed by atoms with van der Waals surface area (Å²) in [5.74, 6) is 0.355. The second-order valence-corrected chi connectivity index (χ2v) is 5.44. The highest BCUT2D eigenvalue weighted by molar-refractivity contribution is 5.82. The summed E-state index contributed by atoms with van der Waals surface area (Å²) >= 11 is 0. The summed E-state index contributed by atoms with van der Waals surface area (Å²) < 4.78 is 5.33. The SMILES string of the molecule is N[C@H](C(=O)N1Cc2ccccc2C1)C1CCOCC1. The van der Waals surface area contributed by atoms with E-state index >= 15 is 0 Å². The van der Waals surface area contributed by atoms with Crippen molar-refractivity contribution in [1.82, 2.24) is 4.90 Å². The van der Waals surface area contributed by atoms with E-state index in [1.807, 2.05) is 17.0 Å². The van der Waals surface area contributed by atoms with Crippen molar-refractivity contribution >= 4 is 5.91 Å². The van der Waals surface area contributed by atoms with Gasteiger partial charge in [-0.2, -0.15) is 0 Å². The van der Waals surface area contributed by atoms with Crippen LogP contribution in [0.25, 0.3) is 0 Å². The zero-order chi connectivity index (χ0) is 13.2. The van der Waals surface area contributed by atoms with Crippen molar-refractivity contribution in [3.8, 4) is 0 Å². The molecule has 4 heteroatoms. The van der Waals surface area contributed by atoms with Crippen molar-refractivity contribution in [1.29, 1.82) is 0 Å². The van der Waals surface area contributed by atoms with Crippen LogP contribution in [-0.4, -0.2) is 30.1 Å². The Labute approximate surface area is 113 Å². The molecule has 3 rings (SSSR count). The van der Waals surface area contributed by atoms with Gasteiger partial charge in [-0.1, -0.05) is 24.3 Å². The monoisotopic (exact) mass is 260 g/mol. The minimum Gasteiger partial charge on any atom is -0.381 e. The number of nitrogens with two attached hydrogens (primary N) is 1. The van der Waals surface area contributed by atoms with Crippen LogP contribution in [0.5, 0.6) is 0 Å². The summed E-state index contributed by atoms with van der Waals surface area (Å²) in [6.07, 6.45) is 1.79. The maximum absolute atomic E-state index is 12.5. The van der Waals surface area contributed by atoms with Crippen LogP contribution >= 0.6 is 0 Å². The van der Waals surface area contributed by atoms with Crippen molar-refractivity contribution in [3.63, 3.8) is 0 Å². The van der Waals surface area contributed by atoms with E-state index < -0.39 is 0 Å². The largest absolute Gasteiger partial charge is 0.381 e. The van der Waals surface area contributed by atoms with E-state index in [-0.39, 0.29) is 17.9 Å². The molecule has 2 aliphatic heterocycles. The summed E-state index contributed by atoms with van der Waals surface area (Å²) in [7, 11) is 0. The van der Waals surface area contributed by atoms with Crippen molar-refractivity contribution in [2.45, 2.75) is 32.0 Å². The highest BCUT2D eigenvalue weighted by Crippen LogP contribution is 2.25. The van der Waals surface area contributed by atoms with Gasteiger partial charge in [0.05, 0.1) is 6.04 Å². The Morgan fingerprint density at radius 1 is 1.21 bits per heavy atom. The fourth-order valence-electron chi connectivity index (χ4n) is 2.98. The fourth-order valence-corrected chi connectivity index (χ4v) is 2.98. The molecule has 0 spiro atoms. The molecule has 1 aromatic carbocycles. The van der Waals surface area contributed by atoms with Crippen LogP contribution < -0.4 is 5.73 Å². The van der Waals surface area contributed by atoms with Crippen molar-refractivity contribution < 1.29 is 9.53 Å². The number of fused-ring (bicyclic) bond motifs is 1. The standard InChI is InChI=1S/C15H20N2O2/c16-14(11-5-7-19-8-6-11)15(18)17-9-12-3-1-2-4-13(12)10-17/h1-4,11,14H,5-10,16H2/t14-/m0/s1. The van der Waals surface area contributed by atoms with Crippen LogP contribution in [0, 0.1) is 5.92 Å². The molecule has 0 aromatic heterocycles. The molecule has 1 amide bonds. The lowest BCUT2D eigenvalue weighted by molar-refractivity contribution is -0.135. The van der Waals surface area contributed by atoms with Crippen molar-refractivity contribution in [2.75, 3.05) is 13.2 Å². The Balaban J connectivity index is 1.65. The molecule has 2 N–H and O–H groups in total. The summed E-state index contributed by atoms with van der Waals surface area (Å²) in [5.41, 5.74) is 8.65. The van der Waals surface area contributed by atoms with Gasteiger partial charge in [0.1, 0.15) is 0 Å². The molecule has 2 heterocycles. The van der Waals surface area contributed by atoms with E-state index in [0.29, 0.717) is 13.1 Å². The smallest absolute Gasteiger partial charge is 0.240 e. The number of ether oxygens (including phenoxy) is 1. The third-order valence-corrected chi connectivity index (χ3v) is 4.21. The number of hydrogen-bond acceptors (Lipinski definition) is 3. The first-order valence-electron chi connectivity index (χ1n) is 6.94. The molecule has 0 saturated carbocycles. The number of rotatable bonds is 2. The molecule has 0 aliphatic carbocycles.